The van der Waals surface area contributed by atoms with Crippen LogP contribution in [-0.4, -0.2) is 0 Å². The Kier molecular flexibility index (Phi) is 4.58. The lowest BCUT2D eigenvalue weighted by Gasteiger charge is -2.34. The van der Waals surface area contributed by atoms with Crippen molar-refractivity contribution in [2.75, 3.05) is 0 Å². The molecule has 0 N–H and O–H groups in total. The summed E-state index contributed by atoms with van der Waals surface area (Å²) in [4.78, 5) is 0. The van der Waals surface area contributed by atoms with E-state index in [1.54, 1.807) is 0 Å². The lowest BCUT2D eigenvalue weighted by molar-refractivity contribution is 0.649. The van der Waals surface area contributed by atoms with Crippen LogP contribution in [0.2, 0.25) is 0 Å². The summed E-state index contributed by atoms with van der Waals surface area (Å²) in [6, 6.07) is 28.4. The third kappa shape index (κ3) is 3.09. The van der Waals surface area contributed by atoms with E-state index in [9.17, 15) is 0 Å². The van der Waals surface area contributed by atoms with Crippen molar-refractivity contribution in [1.82, 2.24) is 0 Å². The molecule has 0 fully saturated rings. The molecule has 0 aromatic heterocycles. The smallest absolute Gasteiger partial charge is 0.0425 e. The van der Waals surface area contributed by atoms with E-state index >= 15 is 0 Å². The number of rotatable bonds is 3. The summed E-state index contributed by atoms with van der Waals surface area (Å²) in [6.45, 7) is 0. The Labute approximate surface area is 163 Å². The average Bonchev–Trinajstić information content (AvgIpc) is 2.69. The molecule has 3 aromatic carbocycles. The molecule has 0 saturated carbocycles. The van der Waals surface area contributed by atoms with Gasteiger partial charge in [-0.15, -0.1) is 0 Å². The third-order valence-electron chi connectivity index (χ3n) is 4.90. The van der Waals surface area contributed by atoms with Gasteiger partial charge in [0.25, 0.3) is 0 Å². The topological polar surface area (TPSA) is 0 Å². The molecule has 0 nitrogen and oxygen atoms in total. The van der Waals surface area contributed by atoms with Crippen molar-refractivity contribution in [2.45, 2.75) is 11.8 Å². The van der Waals surface area contributed by atoms with Crippen LogP contribution in [0.1, 0.15) is 17.5 Å². The summed E-state index contributed by atoms with van der Waals surface area (Å²) < 4.78 is 1.27. The van der Waals surface area contributed by atoms with Gasteiger partial charge in [-0.2, -0.15) is 0 Å². The molecule has 122 valence electrons. The van der Waals surface area contributed by atoms with Gasteiger partial charge in [0.15, 0.2) is 0 Å². The van der Waals surface area contributed by atoms with Crippen molar-refractivity contribution in [3.8, 4) is 11.1 Å². The van der Waals surface area contributed by atoms with E-state index in [2.05, 4.69) is 126 Å². The first-order chi connectivity index (χ1) is 12.3. The van der Waals surface area contributed by atoms with Crippen molar-refractivity contribution in [3.63, 3.8) is 0 Å². The van der Waals surface area contributed by atoms with Crippen LogP contribution in [0.5, 0.6) is 0 Å². The molecule has 1 aliphatic rings. The predicted octanol–water partition coefficient (Wildman–Crippen LogP) is 6.76. The molecule has 0 spiro atoms. The fourth-order valence-corrected chi connectivity index (χ4v) is 4.24. The Balaban J connectivity index is 1.97. The number of benzene rings is 3. The van der Waals surface area contributed by atoms with E-state index in [4.69, 9.17) is 0 Å². The SMILES string of the molecule is Ic1cccc(C2(c3ccccc3-c3ccccc3)C=CC=CC2)c1. The van der Waals surface area contributed by atoms with E-state index in [0.717, 1.165) is 6.42 Å². The van der Waals surface area contributed by atoms with Crippen LogP contribution in [0.4, 0.5) is 0 Å². The zero-order chi connectivity index (χ0) is 17.1. The van der Waals surface area contributed by atoms with Crippen LogP contribution in [0.3, 0.4) is 0 Å². The van der Waals surface area contributed by atoms with Crippen LogP contribution in [0, 0.1) is 3.57 Å². The van der Waals surface area contributed by atoms with Crippen LogP contribution in [0.15, 0.2) is 103 Å². The van der Waals surface area contributed by atoms with Gasteiger partial charge in [-0.05, 0) is 63.4 Å². The van der Waals surface area contributed by atoms with Gasteiger partial charge in [-0.25, -0.2) is 0 Å². The Bertz CT molecular complexity index is 937. The maximum atomic E-state index is 2.41. The normalized spacial score (nSPS) is 19.1. The summed E-state index contributed by atoms with van der Waals surface area (Å²) in [5.41, 5.74) is 5.17. The van der Waals surface area contributed by atoms with E-state index < -0.39 is 0 Å². The fraction of sp³-hybridized carbons (Fsp3) is 0.0833. The van der Waals surface area contributed by atoms with Crippen LogP contribution in [-0.2, 0) is 5.41 Å². The highest BCUT2D eigenvalue weighted by Gasteiger charge is 2.33. The highest BCUT2D eigenvalue weighted by Crippen LogP contribution is 2.44. The van der Waals surface area contributed by atoms with E-state index in [-0.39, 0.29) is 5.41 Å². The molecular weight excluding hydrogens is 415 g/mol. The molecule has 1 aliphatic carbocycles. The summed E-state index contributed by atoms with van der Waals surface area (Å²) >= 11 is 2.41. The number of hydrogen-bond donors (Lipinski definition) is 0. The lowest BCUT2D eigenvalue weighted by Crippen LogP contribution is -2.26. The van der Waals surface area contributed by atoms with Gasteiger partial charge in [0.05, 0.1) is 0 Å². The van der Waals surface area contributed by atoms with Gasteiger partial charge in [-0.1, -0.05) is 91.0 Å². The molecule has 0 aliphatic heterocycles. The van der Waals surface area contributed by atoms with Gasteiger partial charge >= 0.3 is 0 Å². The Morgan fingerprint density at radius 1 is 0.760 bits per heavy atom. The van der Waals surface area contributed by atoms with Crippen LogP contribution in [0.25, 0.3) is 11.1 Å². The van der Waals surface area contributed by atoms with Crippen molar-refractivity contribution in [3.05, 3.63) is 118 Å². The van der Waals surface area contributed by atoms with Crippen molar-refractivity contribution >= 4 is 22.6 Å². The Morgan fingerprint density at radius 2 is 1.56 bits per heavy atom. The quantitative estimate of drug-likeness (QED) is 0.400. The van der Waals surface area contributed by atoms with Crippen molar-refractivity contribution in [2.24, 2.45) is 0 Å². The number of hydrogen-bond acceptors (Lipinski definition) is 0. The van der Waals surface area contributed by atoms with Gasteiger partial charge in [0.1, 0.15) is 0 Å². The predicted molar refractivity (Wildman–Crippen MR) is 115 cm³/mol. The van der Waals surface area contributed by atoms with Crippen LogP contribution < -0.4 is 0 Å². The highest BCUT2D eigenvalue weighted by atomic mass is 127. The second kappa shape index (κ2) is 7.01. The van der Waals surface area contributed by atoms with E-state index in [1.807, 2.05) is 0 Å². The molecule has 3 aromatic rings. The van der Waals surface area contributed by atoms with Gasteiger partial charge < -0.3 is 0 Å². The molecule has 25 heavy (non-hydrogen) atoms. The average molecular weight is 434 g/mol. The molecular formula is C24H19I. The number of allylic oxidation sites excluding steroid dienone is 4. The zero-order valence-electron chi connectivity index (χ0n) is 13.9. The molecule has 1 heteroatoms. The van der Waals surface area contributed by atoms with Gasteiger partial charge in [-0.3, -0.25) is 0 Å². The fourth-order valence-electron chi connectivity index (χ4n) is 3.70. The Morgan fingerprint density at radius 3 is 2.32 bits per heavy atom. The molecule has 0 bridgehead atoms. The maximum Gasteiger partial charge on any atom is 0.0425 e. The van der Waals surface area contributed by atoms with E-state index in [0.29, 0.717) is 0 Å². The molecule has 0 amide bonds. The molecule has 0 saturated heterocycles. The molecule has 1 atom stereocenters. The standard InChI is InChI=1S/C24H19I/c25-21-13-9-12-20(18-21)24(16-7-2-8-17-24)23-15-6-5-14-22(23)19-10-3-1-4-11-19/h1-16,18H,17H2. The van der Waals surface area contributed by atoms with Crippen molar-refractivity contribution < 1.29 is 0 Å². The second-order valence-electron chi connectivity index (χ2n) is 6.38. The Hall–Kier alpha value is -2.13. The minimum Gasteiger partial charge on any atom is -0.0830 e. The van der Waals surface area contributed by atoms with Crippen molar-refractivity contribution in [1.29, 1.82) is 0 Å². The maximum absolute atomic E-state index is 2.41. The highest BCUT2D eigenvalue weighted by molar-refractivity contribution is 14.1. The first kappa shape index (κ1) is 16.3. The monoisotopic (exact) mass is 434 g/mol. The van der Waals surface area contributed by atoms with E-state index in [1.165, 1.54) is 25.8 Å². The van der Waals surface area contributed by atoms with Gasteiger partial charge in [0, 0.05) is 8.99 Å². The molecule has 1 unspecified atom stereocenters. The molecule has 0 heterocycles. The lowest BCUT2D eigenvalue weighted by atomic mass is 9.68. The number of halogens is 1. The third-order valence-corrected chi connectivity index (χ3v) is 5.57. The first-order valence-electron chi connectivity index (χ1n) is 8.55. The minimum atomic E-state index is -0.123. The first-order valence-corrected chi connectivity index (χ1v) is 9.63. The summed E-state index contributed by atoms with van der Waals surface area (Å²) in [5.74, 6) is 0. The molecule has 4 rings (SSSR count). The minimum absolute atomic E-state index is 0.123. The summed E-state index contributed by atoms with van der Waals surface area (Å²) in [5, 5.41) is 0. The summed E-state index contributed by atoms with van der Waals surface area (Å²) in [6.07, 6.45) is 9.96. The molecule has 0 radical (unpaired) electrons. The largest absolute Gasteiger partial charge is 0.0830 e. The van der Waals surface area contributed by atoms with Crippen LogP contribution >= 0.6 is 22.6 Å². The zero-order valence-corrected chi connectivity index (χ0v) is 16.1. The summed E-state index contributed by atoms with van der Waals surface area (Å²) in [7, 11) is 0. The second-order valence-corrected chi connectivity index (χ2v) is 7.63. The van der Waals surface area contributed by atoms with Gasteiger partial charge in [0.2, 0.25) is 0 Å².